The highest BCUT2D eigenvalue weighted by atomic mass is 16.6. The Morgan fingerprint density at radius 3 is 2.38 bits per heavy atom. The molecule has 6 nitrogen and oxygen atoms in total. The largest absolute Gasteiger partial charge is 0.445 e. The first kappa shape index (κ1) is 20.2. The summed E-state index contributed by atoms with van der Waals surface area (Å²) in [5.74, 6) is 0.122. The number of carbonyl (C=O) groups excluding carboxylic acids is 2. The summed E-state index contributed by atoms with van der Waals surface area (Å²) in [7, 11) is 0. The topological polar surface area (TPSA) is 75.9 Å². The first-order chi connectivity index (χ1) is 12.4. The number of hydrogen-bond donors (Lipinski definition) is 1. The molecule has 0 aliphatic carbocycles. The van der Waals surface area contributed by atoms with Crippen LogP contribution in [0.1, 0.15) is 39.2 Å². The average Bonchev–Trinajstić information content (AvgIpc) is 2.67. The molecule has 1 unspecified atom stereocenters. The zero-order chi connectivity index (χ0) is 19.1. The molecule has 2 rings (SSSR count). The smallest absolute Gasteiger partial charge is 0.410 e. The van der Waals surface area contributed by atoms with E-state index in [1.165, 1.54) is 0 Å². The molecule has 2 N–H and O–H groups in total. The van der Waals surface area contributed by atoms with E-state index in [1.807, 2.05) is 56.0 Å². The SMILES string of the molecule is CCN(C(=O)C(N)C(C)C)C1CCN(C(=O)OCc2ccccc2)CC1. The molecule has 0 radical (unpaired) electrons. The van der Waals surface area contributed by atoms with E-state index in [0.717, 1.165) is 18.4 Å². The molecular formula is C20H31N3O3. The molecule has 1 aromatic rings. The lowest BCUT2D eigenvalue weighted by molar-refractivity contribution is -0.136. The Hall–Kier alpha value is -2.08. The number of likely N-dealkylation sites (N-methyl/N-ethyl adjacent to an activating group) is 1. The van der Waals surface area contributed by atoms with Crippen LogP contribution in [0.2, 0.25) is 0 Å². The Bertz CT molecular complexity index is 583. The standard InChI is InChI=1S/C20H31N3O3/c1-4-23(19(24)18(21)15(2)3)17-10-12-22(13-11-17)20(25)26-14-16-8-6-5-7-9-16/h5-9,15,17-18H,4,10-14,21H2,1-3H3. The van der Waals surface area contributed by atoms with E-state index in [9.17, 15) is 9.59 Å². The van der Waals surface area contributed by atoms with Crippen molar-refractivity contribution >= 4 is 12.0 Å². The van der Waals surface area contributed by atoms with Gasteiger partial charge in [0.2, 0.25) is 5.91 Å². The molecule has 6 heteroatoms. The number of piperidine rings is 1. The second-order valence-electron chi connectivity index (χ2n) is 7.15. The van der Waals surface area contributed by atoms with Gasteiger partial charge in [-0.1, -0.05) is 44.2 Å². The van der Waals surface area contributed by atoms with Crippen molar-refractivity contribution in [3.8, 4) is 0 Å². The van der Waals surface area contributed by atoms with Crippen molar-refractivity contribution in [1.29, 1.82) is 0 Å². The van der Waals surface area contributed by atoms with Crippen molar-refractivity contribution in [3.63, 3.8) is 0 Å². The Labute approximate surface area is 156 Å². The van der Waals surface area contributed by atoms with Crippen LogP contribution in [0.4, 0.5) is 4.79 Å². The highest BCUT2D eigenvalue weighted by Crippen LogP contribution is 2.19. The fourth-order valence-electron chi connectivity index (χ4n) is 3.24. The van der Waals surface area contributed by atoms with Crippen molar-refractivity contribution in [2.45, 2.75) is 52.3 Å². The van der Waals surface area contributed by atoms with Gasteiger partial charge in [-0.2, -0.15) is 0 Å². The summed E-state index contributed by atoms with van der Waals surface area (Å²) in [5.41, 5.74) is 7.01. The van der Waals surface area contributed by atoms with Gasteiger partial charge in [0.1, 0.15) is 6.61 Å². The maximum atomic E-state index is 12.6. The fourth-order valence-corrected chi connectivity index (χ4v) is 3.24. The normalized spacial score (nSPS) is 16.4. The summed E-state index contributed by atoms with van der Waals surface area (Å²) in [5, 5.41) is 0. The van der Waals surface area contributed by atoms with E-state index < -0.39 is 6.04 Å². The van der Waals surface area contributed by atoms with Gasteiger partial charge in [0.05, 0.1) is 6.04 Å². The quantitative estimate of drug-likeness (QED) is 0.845. The first-order valence-corrected chi connectivity index (χ1v) is 9.45. The van der Waals surface area contributed by atoms with Crippen molar-refractivity contribution in [2.24, 2.45) is 11.7 Å². The van der Waals surface area contributed by atoms with Gasteiger partial charge in [-0.25, -0.2) is 4.79 Å². The number of nitrogens with two attached hydrogens (primary N) is 1. The molecule has 0 spiro atoms. The summed E-state index contributed by atoms with van der Waals surface area (Å²) in [6.07, 6.45) is 1.22. The van der Waals surface area contributed by atoms with Crippen LogP contribution < -0.4 is 5.73 Å². The molecule has 144 valence electrons. The van der Waals surface area contributed by atoms with Crippen LogP contribution in [-0.4, -0.2) is 53.5 Å². The van der Waals surface area contributed by atoms with Gasteiger partial charge in [-0.05, 0) is 31.2 Å². The van der Waals surface area contributed by atoms with Crippen LogP contribution in [0.3, 0.4) is 0 Å². The fraction of sp³-hybridized carbons (Fsp3) is 0.600. The minimum Gasteiger partial charge on any atom is -0.445 e. The van der Waals surface area contributed by atoms with Gasteiger partial charge in [-0.3, -0.25) is 4.79 Å². The molecule has 1 fully saturated rings. The molecular weight excluding hydrogens is 330 g/mol. The first-order valence-electron chi connectivity index (χ1n) is 9.45. The molecule has 1 atom stereocenters. The van der Waals surface area contributed by atoms with Crippen LogP contribution in [0.15, 0.2) is 30.3 Å². The molecule has 0 saturated carbocycles. The molecule has 26 heavy (non-hydrogen) atoms. The van der Waals surface area contributed by atoms with Crippen molar-refractivity contribution in [2.75, 3.05) is 19.6 Å². The maximum absolute atomic E-state index is 12.6. The summed E-state index contributed by atoms with van der Waals surface area (Å²) >= 11 is 0. The molecule has 0 bridgehead atoms. The van der Waals surface area contributed by atoms with Gasteiger partial charge < -0.3 is 20.3 Å². The molecule has 1 heterocycles. The summed E-state index contributed by atoms with van der Waals surface area (Å²) in [6, 6.07) is 9.31. The second-order valence-corrected chi connectivity index (χ2v) is 7.15. The van der Waals surface area contributed by atoms with Crippen molar-refractivity contribution in [1.82, 2.24) is 9.80 Å². The summed E-state index contributed by atoms with van der Waals surface area (Å²) < 4.78 is 5.39. The predicted molar refractivity (Wildman–Crippen MR) is 101 cm³/mol. The molecule has 0 aromatic heterocycles. The van der Waals surface area contributed by atoms with E-state index >= 15 is 0 Å². The lowest BCUT2D eigenvalue weighted by atomic mass is 9.99. The van der Waals surface area contributed by atoms with E-state index in [4.69, 9.17) is 10.5 Å². The van der Waals surface area contributed by atoms with E-state index in [1.54, 1.807) is 4.90 Å². The van der Waals surface area contributed by atoms with Crippen LogP contribution in [-0.2, 0) is 16.1 Å². The van der Waals surface area contributed by atoms with Gasteiger partial charge in [0.15, 0.2) is 0 Å². The number of benzene rings is 1. The lowest BCUT2D eigenvalue weighted by Gasteiger charge is -2.39. The molecule has 1 aliphatic heterocycles. The van der Waals surface area contributed by atoms with Gasteiger partial charge in [0.25, 0.3) is 0 Å². The zero-order valence-electron chi connectivity index (χ0n) is 16.1. The zero-order valence-corrected chi connectivity index (χ0v) is 16.1. The minimum absolute atomic E-state index is 0.00704. The number of carbonyl (C=O) groups is 2. The van der Waals surface area contributed by atoms with Crippen LogP contribution >= 0.6 is 0 Å². The van der Waals surface area contributed by atoms with Crippen LogP contribution in [0.5, 0.6) is 0 Å². The molecule has 2 amide bonds. The highest BCUT2D eigenvalue weighted by Gasteiger charge is 2.32. The van der Waals surface area contributed by atoms with Crippen molar-refractivity contribution < 1.29 is 14.3 Å². The third-order valence-electron chi connectivity index (χ3n) is 5.00. The second kappa shape index (κ2) is 9.57. The van der Waals surface area contributed by atoms with Gasteiger partial charge >= 0.3 is 6.09 Å². The number of nitrogens with zero attached hydrogens (tertiary/aromatic N) is 2. The van der Waals surface area contributed by atoms with Crippen molar-refractivity contribution in [3.05, 3.63) is 35.9 Å². The molecule has 1 aliphatic rings. The number of ether oxygens (including phenoxy) is 1. The highest BCUT2D eigenvalue weighted by molar-refractivity contribution is 5.82. The average molecular weight is 361 g/mol. The number of rotatable bonds is 6. The van der Waals surface area contributed by atoms with E-state index in [0.29, 0.717) is 19.6 Å². The molecule has 1 aromatic carbocycles. The third kappa shape index (κ3) is 5.21. The lowest BCUT2D eigenvalue weighted by Crippen LogP contribution is -2.54. The monoisotopic (exact) mass is 361 g/mol. The number of hydrogen-bond acceptors (Lipinski definition) is 4. The maximum Gasteiger partial charge on any atom is 0.410 e. The Kier molecular flexibility index (Phi) is 7.45. The Morgan fingerprint density at radius 2 is 1.85 bits per heavy atom. The summed E-state index contributed by atoms with van der Waals surface area (Å²) in [4.78, 5) is 28.4. The van der Waals surface area contributed by atoms with Gasteiger partial charge in [0, 0.05) is 25.7 Å². The summed E-state index contributed by atoms with van der Waals surface area (Å²) in [6.45, 7) is 8.01. The van der Waals surface area contributed by atoms with Crippen LogP contribution in [0, 0.1) is 5.92 Å². The Morgan fingerprint density at radius 1 is 1.23 bits per heavy atom. The van der Waals surface area contributed by atoms with E-state index in [2.05, 4.69) is 0 Å². The van der Waals surface area contributed by atoms with Gasteiger partial charge in [-0.15, -0.1) is 0 Å². The predicted octanol–water partition coefficient (Wildman–Crippen LogP) is 2.62. The third-order valence-corrected chi connectivity index (χ3v) is 5.00. The van der Waals surface area contributed by atoms with E-state index in [-0.39, 0.29) is 30.6 Å². The Balaban J connectivity index is 1.83. The van der Waals surface area contributed by atoms with Crippen LogP contribution in [0.25, 0.3) is 0 Å². The number of amides is 2. The minimum atomic E-state index is -0.469. The molecule has 1 saturated heterocycles. The number of likely N-dealkylation sites (tertiary alicyclic amines) is 1.